The Morgan fingerprint density at radius 3 is 2.88 bits per heavy atom. The van der Waals surface area contributed by atoms with Crippen molar-refractivity contribution < 1.29 is 14.7 Å². The maximum absolute atomic E-state index is 8.51. The van der Waals surface area contributed by atoms with Gasteiger partial charge in [0, 0.05) is 5.56 Å². The molecule has 0 bridgehead atoms. The molecule has 1 rings (SSSR count). The van der Waals surface area contributed by atoms with E-state index in [2.05, 4.69) is 27.7 Å². The Balaban J connectivity index is 3.13. The van der Waals surface area contributed by atoms with Gasteiger partial charge in [0.05, 0.1) is 16.4 Å². The summed E-state index contributed by atoms with van der Waals surface area (Å²) in [5.74, 6) is 1.06. The number of nitriles is 1. The molecule has 1 aromatic rings. The maximum atomic E-state index is 8.51. The van der Waals surface area contributed by atoms with Gasteiger partial charge in [-0.15, -0.1) is 0 Å². The second-order valence-corrected chi connectivity index (χ2v) is 4.12. The summed E-state index contributed by atoms with van der Waals surface area (Å²) in [5, 5.41) is 20.0. The summed E-state index contributed by atoms with van der Waals surface area (Å²) < 4.78 is 11.5. The molecule has 0 aliphatic rings. The van der Waals surface area contributed by atoms with E-state index >= 15 is 0 Å². The molecule has 17 heavy (non-hydrogen) atoms. The average Bonchev–Trinajstić information content (AvgIpc) is 2.29. The molecule has 0 radical (unpaired) electrons. The van der Waals surface area contributed by atoms with Crippen molar-refractivity contribution >= 4 is 28.8 Å². The highest BCUT2D eigenvalue weighted by molar-refractivity contribution is 14.1. The molecule has 0 unspecified atom stereocenters. The van der Waals surface area contributed by atoms with E-state index in [1.807, 2.05) is 13.0 Å². The highest BCUT2D eigenvalue weighted by Gasteiger charge is 2.11. The van der Waals surface area contributed by atoms with Crippen LogP contribution in [0.5, 0.6) is 11.5 Å². The third kappa shape index (κ3) is 3.78. The van der Waals surface area contributed by atoms with Gasteiger partial charge in [0.1, 0.15) is 6.07 Å². The standard InChI is InChI=1S/C11H11IN2O3/c1-2-16-10-6-8(7-14-15)5-9(12)11(10)17-4-3-13/h5-7,15H,2,4H2,1H3/b14-7+. The number of oxime groups is 1. The molecule has 5 nitrogen and oxygen atoms in total. The predicted molar refractivity (Wildman–Crippen MR) is 70.8 cm³/mol. The Kier molecular flexibility index (Phi) is 5.56. The number of benzene rings is 1. The molecule has 0 saturated carbocycles. The van der Waals surface area contributed by atoms with Crippen molar-refractivity contribution in [2.75, 3.05) is 13.2 Å². The minimum Gasteiger partial charge on any atom is -0.490 e. The minimum absolute atomic E-state index is 0.0382. The molecule has 1 aromatic carbocycles. The molecule has 0 atom stereocenters. The highest BCUT2D eigenvalue weighted by atomic mass is 127. The van der Waals surface area contributed by atoms with Crippen LogP contribution in [0.3, 0.4) is 0 Å². The molecule has 0 fully saturated rings. The van der Waals surface area contributed by atoms with Crippen LogP contribution in [0.15, 0.2) is 17.3 Å². The number of rotatable bonds is 5. The highest BCUT2D eigenvalue weighted by Crippen LogP contribution is 2.33. The molecule has 0 aromatic heterocycles. The SMILES string of the molecule is CCOc1cc(/C=N/O)cc(I)c1OCC#N. The van der Waals surface area contributed by atoms with Crippen molar-refractivity contribution in [3.05, 3.63) is 21.3 Å². The van der Waals surface area contributed by atoms with Crippen LogP contribution in [-0.4, -0.2) is 24.6 Å². The van der Waals surface area contributed by atoms with Crippen molar-refractivity contribution in [3.63, 3.8) is 0 Å². The molecule has 0 amide bonds. The molecular formula is C11H11IN2O3. The first-order valence-corrected chi connectivity index (χ1v) is 5.94. The molecular weight excluding hydrogens is 335 g/mol. The monoisotopic (exact) mass is 346 g/mol. The van der Waals surface area contributed by atoms with Gasteiger partial charge in [0.25, 0.3) is 0 Å². The number of halogens is 1. The fraction of sp³-hybridized carbons (Fsp3) is 0.273. The molecule has 0 aliphatic carbocycles. The second kappa shape index (κ2) is 6.96. The molecule has 1 N–H and O–H groups in total. The Morgan fingerprint density at radius 1 is 1.53 bits per heavy atom. The zero-order valence-electron chi connectivity index (χ0n) is 9.18. The van der Waals surface area contributed by atoms with E-state index in [4.69, 9.17) is 19.9 Å². The van der Waals surface area contributed by atoms with Gasteiger partial charge in [0.15, 0.2) is 18.1 Å². The van der Waals surface area contributed by atoms with E-state index in [-0.39, 0.29) is 6.61 Å². The predicted octanol–water partition coefficient (Wildman–Crippen LogP) is 2.40. The first-order valence-electron chi connectivity index (χ1n) is 4.86. The molecule has 6 heteroatoms. The van der Waals surface area contributed by atoms with Gasteiger partial charge in [0.2, 0.25) is 0 Å². The molecule has 0 heterocycles. The fourth-order valence-corrected chi connectivity index (χ4v) is 2.02. The van der Waals surface area contributed by atoms with Gasteiger partial charge >= 0.3 is 0 Å². The third-order valence-corrected chi connectivity index (χ3v) is 2.62. The lowest BCUT2D eigenvalue weighted by Gasteiger charge is -2.12. The summed E-state index contributed by atoms with van der Waals surface area (Å²) in [7, 11) is 0. The van der Waals surface area contributed by atoms with Gasteiger partial charge in [-0.1, -0.05) is 5.16 Å². The largest absolute Gasteiger partial charge is 0.490 e. The topological polar surface area (TPSA) is 74.8 Å². The van der Waals surface area contributed by atoms with Crippen molar-refractivity contribution in [3.8, 4) is 17.6 Å². The molecule has 0 spiro atoms. The van der Waals surface area contributed by atoms with E-state index in [0.717, 1.165) is 3.57 Å². The van der Waals surface area contributed by atoms with Crippen molar-refractivity contribution in [1.29, 1.82) is 5.26 Å². The normalized spacial score (nSPS) is 10.2. The summed E-state index contributed by atoms with van der Waals surface area (Å²) >= 11 is 2.07. The lowest BCUT2D eigenvalue weighted by molar-refractivity contribution is 0.297. The smallest absolute Gasteiger partial charge is 0.176 e. The van der Waals surface area contributed by atoms with Crippen LogP contribution in [-0.2, 0) is 0 Å². The summed E-state index contributed by atoms with van der Waals surface area (Å²) in [4.78, 5) is 0. The number of ether oxygens (including phenoxy) is 2. The molecule has 90 valence electrons. The van der Waals surface area contributed by atoms with Gasteiger partial charge in [-0.25, -0.2) is 0 Å². The zero-order valence-corrected chi connectivity index (χ0v) is 11.3. The maximum Gasteiger partial charge on any atom is 0.176 e. The number of hydrogen-bond donors (Lipinski definition) is 1. The van der Waals surface area contributed by atoms with Crippen LogP contribution in [0.2, 0.25) is 0 Å². The van der Waals surface area contributed by atoms with Gasteiger partial charge < -0.3 is 14.7 Å². The lowest BCUT2D eigenvalue weighted by Crippen LogP contribution is -2.02. The van der Waals surface area contributed by atoms with Crippen molar-refractivity contribution in [2.24, 2.45) is 5.16 Å². The number of hydrogen-bond acceptors (Lipinski definition) is 5. The number of nitrogens with zero attached hydrogens (tertiary/aromatic N) is 2. The van der Waals surface area contributed by atoms with E-state index < -0.39 is 0 Å². The van der Waals surface area contributed by atoms with E-state index in [1.165, 1.54) is 6.21 Å². The Labute approximate surface area is 113 Å². The summed E-state index contributed by atoms with van der Waals surface area (Å²) in [6.45, 7) is 2.30. The minimum atomic E-state index is -0.0382. The van der Waals surface area contributed by atoms with Crippen molar-refractivity contribution in [2.45, 2.75) is 6.92 Å². The summed E-state index contributed by atoms with van der Waals surface area (Å²) in [6.07, 6.45) is 1.30. The van der Waals surface area contributed by atoms with Crippen LogP contribution < -0.4 is 9.47 Å². The van der Waals surface area contributed by atoms with Crippen LogP contribution in [0.25, 0.3) is 0 Å². The first-order chi connectivity index (χ1) is 8.22. The lowest BCUT2D eigenvalue weighted by atomic mass is 10.2. The van der Waals surface area contributed by atoms with E-state index in [9.17, 15) is 0 Å². The van der Waals surface area contributed by atoms with Crippen LogP contribution in [0.4, 0.5) is 0 Å². The Bertz CT molecular complexity index is 455. The first kappa shape index (κ1) is 13.6. The van der Waals surface area contributed by atoms with Crippen LogP contribution in [0.1, 0.15) is 12.5 Å². The van der Waals surface area contributed by atoms with Crippen LogP contribution >= 0.6 is 22.6 Å². The van der Waals surface area contributed by atoms with E-state index in [0.29, 0.717) is 23.7 Å². The van der Waals surface area contributed by atoms with Crippen molar-refractivity contribution in [1.82, 2.24) is 0 Å². The second-order valence-electron chi connectivity index (χ2n) is 2.95. The Hall–Kier alpha value is -1.49. The quantitative estimate of drug-likeness (QED) is 0.385. The zero-order chi connectivity index (χ0) is 12.7. The van der Waals surface area contributed by atoms with Gasteiger partial charge in [-0.2, -0.15) is 5.26 Å². The fourth-order valence-electron chi connectivity index (χ4n) is 1.24. The average molecular weight is 346 g/mol. The Morgan fingerprint density at radius 2 is 2.29 bits per heavy atom. The molecule has 0 aliphatic heterocycles. The van der Waals surface area contributed by atoms with Crippen LogP contribution in [0, 0.1) is 14.9 Å². The van der Waals surface area contributed by atoms with Gasteiger partial charge in [-0.3, -0.25) is 0 Å². The van der Waals surface area contributed by atoms with E-state index in [1.54, 1.807) is 12.1 Å². The summed E-state index contributed by atoms with van der Waals surface area (Å²) in [5.41, 5.74) is 0.699. The summed E-state index contributed by atoms with van der Waals surface area (Å²) in [6, 6.07) is 5.37. The van der Waals surface area contributed by atoms with Gasteiger partial charge in [-0.05, 0) is 41.6 Å². The molecule has 0 saturated heterocycles. The third-order valence-electron chi connectivity index (χ3n) is 1.82.